The molecule has 1 aliphatic heterocycles. The van der Waals surface area contributed by atoms with Crippen LogP contribution in [0.3, 0.4) is 0 Å². The average Bonchev–Trinajstić information content (AvgIpc) is 2.85. The third kappa shape index (κ3) is 3.69. The molecule has 162 valence electrons. The van der Waals surface area contributed by atoms with Crippen LogP contribution in [0.1, 0.15) is 11.1 Å². The molecule has 0 bridgehead atoms. The topological polar surface area (TPSA) is 61.1 Å². The maximum Gasteiger partial charge on any atom is 0.200 e. The minimum absolute atomic E-state index is 0.0634. The van der Waals surface area contributed by atoms with Gasteiger partial charge < -0.3 is 18.6 Å². The Balaban J connectivity index is 1.46. The minimum Gasteiger partial charge on any atom is -0.497 e. The average molecular weight is 429 g/mol. The molecular weight excluding hydrogens is 406 g/mol. The van der Waals surface area contributed by atoms with E-state index in [-0.39, 0.29) is 5.43 Å². The number of ether oxygens (including phenoxy) is 3. The predicted molar refractivity (Wildman–Crippen MR) is 122 cm³/mol. The molecule has 1 aliphatic rings. The summed E-state index contributed by atoms with van der Waals surface area (Å²) < 4.78 is 22.4. The molecule has 0 saturated heterocycles. The molecule has 3 aromatic carbocycles. The van der Waals surface area contributed by atoms with Gasteiger partial charge in [0.05, 0.1) is 30.7 Å². The molecule has 0 atom stereocenters. The van der Waals surface area contributed by atoms with Crippen molar-refractivity contribution < 1.29 is 18.6 Å². The van der Waals surface area contributed by atoms with Crippen molar-refractivity contribution in [3.63, 3.8) is 0 Å². The van der Waals surface area contributed by atoms with Gasteiger partial charge in [-0.15, -0.1) is 0 Å². The summed E-state index contributed by atoms with van der Waals surface area (Å²) in [4.78, 5) is 15.4. The molecule has 1 aromatic heterocycles. The van der Waals surface area contributed by atoms with E-state index >= 15 is 0 Å². The lowest BCUT2D eigenvalue weighted by molar-refractivity contribution is 0.0890. The Labute approximate surface area is 185 Å². The summed E-state index contributed by atoms with van der Waals surface area (Å²) in [6.07, 6.45) is 1.54. The van der Waals surface area contributed by atoms with E-state index in [4.69, 9.17) is 18.6 Å². The fraction of sp³-hybridized carbons (Fsp3) is 0.192. The molecule has 0 fully saturated rings. The van der Waals surface area contributed by atoms with Crippen LogP contribution in [0.2, 0.25) is 0 Å². The molecular formula is C26H23NO5. The van der Waals surface area contributed by atoms with Crippen LogP contribution in [-0.4, -0.2) is 25.9 Å². The third-order valence-electron chi connectivity index (χ3n) is 5.75. The van der Waals surface area contributed by atoms with Crippen LogP contribution in [0.15, 0.2) is 76.1 Å². The number of rotatable bonds is 5. The predicted octanol–water partition coefficient (Wildman–Crippen LogP) is 4.83. The molecule has 0 spiro atoms. The Kier molecular flexibility index (Phi) is 5.29. The first kappa shape index (κ1) is 20.2. The minimum atomic E-state index is -0.0634. The molecule has 0 aliphatic carbocycles. The van der Waals surface area contributed by atoms with Crippen molar-refractivity contribution in [2.75, 3.05) is 21.0 Å². The Hall–Kier alpha value is -3.77. The molecule has 0 N–H and O–H groups in total. The van der Waals surface area contributed by atoms with Crippen LogP contribution in [0.25, 0.3) is 22.1 Å². The van der Waals surface area contributed by atoms with Crippen LogP contribution >= 0.6 is 0 Å². The van der Waals surface area contributed by atoms with Gasteiger partial charge in [0.15, 0.2) is 0 Å². The van der Waals surface area contributed by atoms with E-state index in [1.807, 2.05) is 54.6 Å². The quantitative estimate of drug-likeness (QED) is 0.453. The summed E-state index contributed by atoms with van der Waals surface area (Å²) in [5.74, 6) is 2.32. The Morgan fingerprint density at radius 1 is 0.906 bits per heavy atom. The second-order valence-corrected chi connectivity index (χ2v) is 7.73. The first-order chi connectivity index (χ1) is 15.7. The highest BCUT2D eigenvalue weighted by Crippen LogP contribution is 2.33. The van der Waals surface area contributed by atoms with E-state index in [0.29, 0.717) is 36.4 Å². The monoisotopic (exact) mass is 429 g/mol. The zero-order chi connectivity index (χ0) is 22.1. The molecule has 4 aromatic rings. The zero-order valence-corrected chi connectivity index (χ0v) is 18.0. The van der Waals surface area contributed by atoms with E-state index < -0.39 is 0 Å². The van der Waals surface area contributed by atoms with E-state index in [1.54, 1.807) is 20.3 Å². The van der Waals surface area contributed by atoms with Crippen molar-refractivity contribution in [2.45, 2.75) is 13.1 Å². The largest absolute Gasteiger partial charge is 0.497 e. The fourth-order valence-corrected chi connectivity index (χ4v) is 4.02. The summed E-state index contributed by atoms with van der Waals surface area (Å²) in [7, 11) is 3.27. The van der Waals surface area contributed by atoms with Gasteiger partial charge in [-0.05, 0) is 47.5 Å². The fourth-order valence-electron chi connectivity index (χ4n) is 4.02. The van der Waals surface area contributed by atoms with Gasteiger partial charge in [0.25, 0.3) is 0 Å². The zero-order valence-electron chi connectivity index (χ0n) is 18.0. The summed E-state index contributed by atoms with van der Waals surface area (Å²) in [5.41, 5.74) is 3.86. The second kappa shape index (κ2) is 8.40. The van der Waals surface area contributed by atoms with Gasteiger partial charge in [0, 0.05) is 13.1 Å². The van der Waals surface area contributed by atoms with Crippen LogP contribution < -0.4 is 19.6 Å². The highest BCUT2D eigenvalue weighted by atomic mass is 16.5. The Morgan fingerprint density at radius 2 is 1.59 bits per heavy atom. The van der Waals surface area contributed by atoms with Crippen molar-refractivity contribution in [3.8, 4) is 28.4 Å². The highest BCUT2D eigenvalue weighted by molar-refractivity contribution is 5.85. The van der Waals surface area contributed by atoms with E-state index in [2.05, 4.69) is 4.90 Å². The van der Waals surface area contributed by atoms with E-state index in [1.165, 1.54) is 6.26 Å². The van der Waals surface area contributed by atoms with E-state index in [9.17, 15) is 4.79 Å². The normalized spacial score (nSPS) is 13.4. The molecule has 6 nitrogen and oxygen atoms in total. The van der Waals surface area contributed by atoms with Crippen molar-refractivity contribution >= 4 is 11.0 Å². The summed E-state index contributed by atoms with van der Waals surface area (Å²) in [6, 6.07) is 19.0. The van der Waals surface area contributed by atoms with Crippen molar-refractivity contribution in [1.82, 2.24) is 4.90 Å². The van der Waals surface area contributed by atoms with Crippen LogP contribution in [0, 0.1) is 0 Å². The SMILES string of the molecule is COc1ccc(CN2COc3ccc4c(=O)c(-c5ccc(OC)cc5)coc4c3C2)cc1. The van der Waals surface area contributed by atoms with E-state index in [0.717, 1.165) is 33.9 Å². The number of hydrogen-bond donors (Lipinski definition) is 0. The lowest BCUT2D eigenvalue weighted by atomic mass is 10.0. The Morgan fingerprint density at radius 3 is 2.28 bits per heavy atom. The molecule has 0 amide bonds. The lowest BCUT2D eigenvalue weighted by Crippen LogP contribution is -2.31. The van der Waals surface area contributed by atoms with Gasteiger partial charge in [-0.25, -0.2) is 0 Å². The molecule has 5 rings (SSSR count). The first-order valence-electron chi connectivity index (χ1n) is 10.4. The van der Waals surface area contributed by atoms with Gasteiger partial charge in [-0.2, -0.15) is 0 Å². The molecule has 32 heavy (non-hydrogen) atoms. The smallest absolute Gasteiger partial charge is 0.200 e. The Bertz CT molecular complexity index is 1310. The lowest BCUT2D eigenvalue weighted by Gasteiger charge is -2.29. The maximum absolute atomic E-state index is 13.2. The van der Waals surface area contributed by atoms with Crippen LogP contribution in [-0.2, 0) is 13.1 Å². The van der Waals surface area contributed by atoms with Crippen molar-refractivity contribution in [2.24, 2.45) is 0 Å². The molecule has 0 radical (unpaired) electrons. The highest BCUT2D eigenvalue weighted by Gasteiger charge is 2.23. The van der Waals surface area contributed by atoms with Crippen LogP contribution in [0.5, 0.6) is 17.2 Å². The first-order valence-corrected chi connectivity index (χ1v) is 10.4. The number of fused-ring (bicyclic) bond motifs is 3. The summed E-state index contributed by atoms with van der Waals surface area (Å²) in [5, 5.41) is 0.548. The molecule has 2 heterocycles. The molecule has 0 saturated carbocycles. The number of nitrogens with zero attached hydrogens (tertiary/aromatic N) is 1. The van der Waals surface area contributed by atoms with Gasteiger partial charge >= 0.3 is 0 Å². The number of benzene rings is 3. The maximum atomic E-state index is 13.2. The van der Waals surface area contributed by atoms with Gasteiger partial charge in [-0.1, -0.05) is 24.3 Å². The molecule has 0 unspecified atom stereocenters. The van der Waals surface area contributed by atoms with Gasteiger partial charge in [0.1, 0.15) is 35.8 Å². The number of hydrogen-bond acceptors (Lipinski definition) is 6. The number of methoxy groups -OCH3 is 2. The van der Waals surface area contributed by atoms with Crippen molar-refractivity contribution in [1.29, 1.82) is 0 Å². The molecule has 6 heteroatoms. The standard InChI is InChI=1S/C26H23NO5/c1-29-19-7-3-17(4-8-19)13-27-14-22-24(32-16-27)12-11-21-25(28)23(15-31-26(21)22)18-5-9-20(30-2)10-6-18/h3-12,15H,13-14,16H2,1-2H3. The van der Waals surface area contributed by atoms with Gasteiger partial charge in [0.2, 0.25) is 5.43 Å². The van der Waals surface area contributed by atoms with Crippen molar-refractivity contribution in [3.05, 3.63) is 88.3 Å². The summed E-state index contributed by atoms with van der Waals surface area (Å²) in [6.45, 7) is 1.82. The third-order valence-corrected chi connectivity index (χ3v) is 5.75. The van der Waals surface area contributed by atoms with Gasteiger partial charge in [-0.3, -0.25) is 9.69 Å². The summed E-state index contributed by atoms with van der Waals surface area (Å²) >= 11 is 0. The second-order valence-electron chi connectivity index (χ2n) is 7.73. The van der Waals surface area contributed by atoms with Crippen LogP contribution in [0.4, 0.5) is 0 Å².